The van der Waals surface area contributed by atoms with Gasteiger partial charge >= 0.3 is 0 Å². The fourth-order valence-electron chi connectivity index (χ4n) is 4.28. The van der Waals surface area contributed by atoms with Crippen LogP contribution in [0.2, 0.25) is 0 Å². The van der Waals surface area contributed by atoms with Gasteiger partial charge in [0.2, 0.25) is 5.91 Å². The van der Waals surface area contributed by atoms with E-state index >= 15 is 0 Å². The second-order valence-corrected chi connectivity index (χ2v) is 9.75. The lowest BCUT2D eigenvalue weighted by molar-refractivity contribution is -0.133. The standard InChI is InChI=1S/C24H30N4O2S/c1-15-11-22(30-5)16(2)10-17(15)13-28-14-18(12-21(28)23(29)27(3)4)31-24-25-19-8-6-7-9-20(19)26-24/h6-11,18,21H,12-14H2,1-5H3,(H,25,26)/t18-,21+/m1/s1. The van der Waals surface area contributed by atoms with Crippen molar-refractivity contribution in [2.45, 2.75) is 43.3 Å². The van der Waals surface area contributed by atoms with Gasteiger partial charge in [-0.3, -0.25) is 9.69 Å². The van der Waals surface area contributed by atoms with Crippen LogP contribution in [-0.2, 0) is 11.3 Å². The number of rotatable bonds is 6. The van der Waals surface area contributed by atoms with Crippen LogP contribution in [0.5, 0.6) is 5.75 Å². The number of methoxy groups -OCH3 is 1. The molecule has 1 aromatic heterocycles. The number of likely N-dealkylation sites (N-methyl/N-ethyl adjacent to an activating group) is 1. The number of fused-ring (bicyclic) bond motifs is 1. The van der Waals surface area contributed by atoms with E-state index in [1.807, 2.05) is 38.4 Å². The largest absolute Gasteiger partial charge is 0.496 e. The minimum atomic E-state index is -0.126. The number of hydrogen-bond acceptors (Lipinski definition) is 5. The summed E-state index contributed by atoms with van der Waals surface area (Å²) in [6, 6.07) is 12.2. The maximum atomic E-state index is 13.0. The van der Waals surface area contributed by atoms with Gasteiger partial charge in [-0.05, 0) is 55.2 Å². The molecule has 0 aliphatic carbocycles. The number of aryl methyl sites for hydroxylation is 2. The Bertz CT molecular complexity index is 1060. The van der Waals surface area contributed by atoms with Crippen molar-refractivity contribution >= 4 is 28.7 Å². The first kappa shape index (κ1) is 21.7. The van der Waals surface area contributed by atoms with E-state index in [-0.39, 0.29) is 11.9 Å². The van der Waals surface area contributed by atoms with Crippen molar-refractivity contribution in [3.05, 3.63) is 53.1 Å². The lowest BCUT2D eigenvalue weighted by atomic mass is 10.0. The van der Waals surface area contributed by atoms with Crippen molar-refractivity contribution in [2.75, 3.05) is 27.7 Å². The van der Waals surface area contributed by atoms with Gasteiger partial charge < -0.3 is 14.6 Å². The quantitative estimate of drug-likeness (QED) is 0.630. The topological polar surface area (TPSA) is 61.5 Å². The molecule has 7 heteroatoms. The second-order valence-electron chi connectivity index (χ2n) is 8.46. The molecule has 1 saturated heterocycles. The average molecular weight is 439 g/mol. The van der Waals surface area contributed by atoms with E-state index < -0.39 is 0 Å². The zero-order chi connectivity index (χ0) is 22.1. The predicted octanol–water partition coefficient (Wildman–Crippen LogP) is 4.01. The molecule has 3 aromatic rings. The normalized spacial score (nSPS) is 19.1. The SMILES string of the molecule is COc1cc(C)c(CN2C[C@H](Sc3nc4ccccc4[nH]3)C[C@H]2C(=O)N(C)C)cc1C. The highest BCUT2D eigenvalue weighted by Crippen LogP contribution is 2.34. The van der Waals surface area contributed by atoms with E-state index in [1.54, 1.807) is 23.8 Å². The molecule has 1 amide bonds. The number of para-hydroxylation sites is 2. The van der Waals surface area contributed by atoms with Crippen LogP contribution in [0.15, 0.2) is 41.6 Å². The number of benzene rings is 2. The molecular formula is C24H30N4O2S. The number of aromatic amines is 1. The number of imidazole rings is 1. The number of thioether (sulfide) groups is 1. The number of ether oxygens (including phenoxy) is 1. The Morgan fingerprint density at radius 2 is 2.03 bits per heavy atom. The molecule has 164 valence electrons. The third-order valence-electron chi connectivity index (χ3n) is 5.96. The summed E-state index contributed by atoms with van der Waals surface area (Å²) < 4.78 is 5.46. The molecule has 1 aliphatic heterocycles. The van der Waals surface area contributed by atoms with Gasteiger partial charge in [-0.1, -0.05) is 30.0 Å². The summed E-state index contributed by atoms with van der Waals surface area (Å²) >= 11 is 1.74. The van der Waals surface area contributed by atoms with Crippen LogP contribution in [0.4, 0.5) is 0 Å². The average Bonchev–Trinajstić information content (AvgIpc) is 3.33. The van der Waals surface area contributed by atoms with Gasteiger partial charge in [0.05, 0.1) is 24.2 Å². The highest BCUT2D eigenvalue weighted by atomic mass is 32.2. The van der Waals surface area contributed by atoms with Gasteiger partial charge in [-0.15, -0.1) is 0 Å². The molecule has 1 N–H and O–H groups in total. The van der Waals surface area contributed by atoms with Crippen LogP contribution in [0.3, 0.4) is 0 Å². The van der Waals surface area contributed by atoms with Crippen LogP contribution >= 0.6 is 11.8 Å². The molecule has 0 saturated carbocycles. The Morgan fingerprint density at radius 1 is 1.26 bits per heavy atom. The number of amides is 1. The molecule has 6 nitrogen and oxygen atoms in total. The lowest BCUT2D eigenvalue weighted by Gasteiger charge is -2.26. The van der Waals surface area contributed by atoms with Gasteiger partial charge in [0.1, 0.15) is 5.75 Å². The van der Waals surface area contributed by atoms with E-state index in [1.165, 1.54) is 11.1 Å². The number of likely N-dealkylation sites (tertiary alicyclic amines) is 1. The van der Waals surface area contributed by atoms with E-state index in [9.17, 15) is 4.79 Å². The Balaban J connectivity index is 1.55. The van der Waals surface area contributed by atoms with E-state index in [0.29, 0.717) is 5.25 Å². The number of aromatic nitrogens is 2. The first-order valence-electron chi connectivity index (χ1n) is 10.6. The first-order valence-corrected chi connectivity index (χ1v) is 11.4. The van der Waals surface area contributed by atoms with Crippen LogP contribution in [0.1, 0.15) is 23.1 Å². The minimum absolute atomic E-state index is 0.126. The third-order valence-corrected chi connectivity index (χ3v) is 7.06. The third kappa shape index (κ3) is 4.57. The molecule has 0 radical (unpaired) electrons. The van der Waals surface area contributed by atoms with Crippen molar-refractivity contribution < 1.29 is 9.53 Å². The lowest BCUT2D eigenvalue weighted by Crippen LogP contribution is -2.42. The van der Waals surface area contributed by atoms with E-state index in [4.69, 9.17) is 9.72 Å². The van der Waals surface area contributed by atoms with Gasteiger partial charge in [-0.2, -0.15) is 0 Å². The summed E-state index contributed by atoms with van der Waals surface area (Å²) in [5.41, 5.74) is 5.57. The highest BCUT2D eigenvalue weighted by molar-refractivity contribution is 7.99. The van der Waals surface area contributed by atoms with Gasteiger partial charge in [0.15, 0.2) is 5.16 Å². The molecule has 0 bridgehead atoms. The van der Waals surface area contributed by atoms with Crippen molar-refractivity contribution in [2.24, 2.45) is 0 Å². The second kappa shape index (κ2) is 8.93. The van der Waals surface area contributed by atoms with Crippen molar-refractivity contribution in [1.29, 1.82) is 0 Å². The Morgan fingerprint density at radius 3 is 2.74 bits per heavy atom. The smallest absolute Gasteiger partial charge is 0.239 e. The maximum Gasteiger partial charge on any atom is 0.239 e. The Kier molecular flexibility index (Phi) is 6.25. The number of carbonyl (C=O) groups is 1. The van der Waals surface area contributed by atoms with Crippen LogP contribution in [0.25, 0.3) is 11.0 Å². The van der Waals surface area contributed by atoms with Crippen molar-refractivity contribution in [3.8, 4) is 5.75 Å². The van der Waals surface area contributed by atoms with E-state index in [0.717, 1.165) is 47.0 Å². The molecule has 0 spiro atoms. The number of H-pyrrole nitrogens is 1. The van der Waals surface area contributed by atoms with Gasteiger partial charge in [-0.25, -0.2) is 4.98 Å². The fourth-order valence-corrected chi connectivity index (χ4v) is 5.46. The zero-order valence-corrected chi connectivity index (χ0v) is 19.6. The molecule has 1 fully saturated rings. The Hall–Kier alpha value is -2.51. The van der Waals surface area contributed by atoms with Gasteiger partial charge in [0.25, 0.3) is 0 Å². The summed E-state index contributed by atoms with van der Waals surface area (Å²) in [5, 5.41) is 1.22. The minimum Gasteiger partial charge on any atom is -0.496 e. The summed E-state index contributed by atoms with van der Waals surface area (Å²) in [4.78, 5) is 25.1. The molecule has 2 heterocycles. The molecule has 4 rings (SSSR count). The zero-order valence-electron chi connectivity index (χ0n) is 18.8. The Labute approximate surface area is 188 Å². The number of nitrogens with one attached hydrogen (secondary N) is 1. The molecular weight excluding hydrogens is 408 g/mol. The number of hydrogen-bond donors (Lipinski definition) is 1. The van der Waals surface area contributed by atoms with Crippen LogP contribution < -0.4 is 4.74 Å². The summed E-state index contributed by atoms with van der Waals surface area (Å²) in [5.74, 6) is 1.07. The monoisotopic (exact) mass is 438 g/mol. The molecule has 31 heavy (non-hydrogen) atoms. The number of carbonyl (C=O) groups excluding carboxylic acids is 1. The van der Waals surface area contributed by atoms with Crippen LogP contribution in [-0.4, -0.2) is 64.7 Å². The molecule has 1 aliphatic rings. The van der Waals surface area contributed by atoms with Crippen molar-refractivity contribution in [1.82, 2.24) is 19.8 Å². The molecule has 0 unspecified atom stereocenters. The highest BCUT2D eigenvalue weighted by Gasteiger charge is 2.38. The summed E-state index contributed by atoms with van der Waals surface area (Å²) in [6.07, 6.45) is 0.812. The fraction of sp³-hybridized carbons (Fsp3) is 0.417. The maximum absolute atomic E-state index is 13.0. The predicted molar refractivity (Wildman–Crippen MR) is 126 cm³/mol. The van der Waals surface area contributed by atoms with E-state index in [2.05, 4.69) is 35.9 Å². The number of nitrogens with zero attached hydrogens (tertiary/aromatic N) is 3. The van der Waals surface area contributed by atoms with Crippen LogP contribution in [0, 0.1) is 13.8 Å². The summed E-state index contributed by atoms with van der Waals surface area (Å²) in [7, 11) is 5.37. The van der Waals surface area contributed by atoms with Gasteiger partial charge in [0, 0.05) is 32.4 Å². The van der Waals surface area contributed by atoms with Crippen molar-refractivity contribution in [3.63, 3.8) is 0 Å². The summed E-state index contributed by atoms with van der Waals surface area (Å²) in [6.45, 7) is 5.76. The first-order chi connectivity index (χ1) is 14.9. The molecule has 2 aromatic carbocycles. The molecule has 2 atom stereocenters.